The molecule has 0 aliphatic rings. The Balaban J connectivity index is 2.58. The number of rotatable bonds is 6. The maximum absolute atomic E-state index is 14.7. The molecule has 1 aromatic heterocycles. The molecule has 1 heterocycles. The summed E-state index contributed by atoms with van der Waals surface area (Å²) in [6, 6.07) is 4.45. The van der Waals surface area contributed by atoms with Crippen molar-refractivity contribution in [1.29, 1.82) is 0 Å². The number of nitrogens with zero attached hydrogens (tertiary/aromatic N) is 2. The Morgan fingerprint density at radius 2 is 2.00 bits per heavy atom. The van der Waals surface area contributed by atoms with Crippen molar-refractivity contribution in [3.63, 3.8) is 0 Å². The molecule has 2 atom stereocenters. The van der Waals surface area contributed by atoms with Crippen LogP contribution in [0.2, 0.25) is 0 Å². The van der Waals surface area contributed by atoms with E-state index in [2.05, 4.69) is 30.6 Å². The molecular weight excluding hydrogens is 437 g/mol. The van der Waals surface area contributed by atoms with Crippen molar-refractivity contribution >= 4 is 32.9 Å². The van der Waals surface area contributed by atoms with Gasteiger partial charge in [-0.15, -0.1) is 0 Å². The molecule has 2 N–H and O–H groups in total. The van der Waals surface area contributed by atoms with Crippen LogP contribution in [0, 0.1) is 5.82 Å². The van der Waals surface area contributed by atoms with Crippen LogP contribution in [-0.2, 0) is 22.9 Å². The lowest BCUT2D eigenvalue weighted by molar-refractivity contribution is 0.0694. The third kappa shape index (κ3) is 5.18. The quantitative estimate of drug-likeness (QED) is 0.691. The topological polar surface area (TPSA) is 92.2 Å². The number of carboxylic acid groups (broad SMARTS) is 1. The highest BCUT2D eigenvalue weighted by Gasteiger charge is 2.36. The molecule has 0 saturated carbocycles. The van der Waals surface area contributed by atoms with Crippen LogP contribution in [0.15, 0.2) is 35.2 Å². The van der Waals surface area contributed by atoms with Crippen molar-refractivity contribution in [2.45, 2.75) is 44.4 Å². The molecule has 0 fully saturated rings. The van der Waals surface area contributed by atoms with Crippen molar-refractivity contribution in [1.82, 2.24) is 14.7 Å². The number of nitrogens with one attached hydrogen (secondary N) is 1. The maximum Gasteiger partial charge on any atom is 0.339 e. The summed E-state index contributed by atoms with van der Waals surface area (Å²) in [5, 5.41) is 9.40. The van der Waals surface area contributed by atoms with Gasteiger partial charge in [-0.3, -0.25) is 0 Å². The summed E-state index contributed by atoms with van der Waals surface area (Å²) in [6.45, 7) is 7.05. The Bertz CT molecular complexity index is 888. The number of hydrogen-bond donors (Lipinski definition) is 2. The van der Waals surface area contributed by atoms with Crippen LogP contribution in [-0.4, -0.2) is 30.0 Å². The van der Waals surface area contributed by atoms with Gasteiger partial charge in [0.05, 0.1) is 32.5 Å². The lowest BCUT2D eigenvalue weighted by atomic mass is 9.87. The third-order valence-electron chi connectivity index (χ3n) is 3.94. The van der Waals surface area contributed by atoms with Crippen LogP contribution in [0.3, 0.4) is 0 Å². The van der Waals surface area contributed by atoms with Crippen molar-refractivity contribution in [2.24, 2.45) is 0 Å². The molecule has 0 aliphatic heterocycles. The van der Waals surface area contributed by atoms with Crippen molar-refractivity contribution in [3.8, 4) is 0 Å². The van der Waals surface area contributed by atoms with E-state index in [0.717, 1.165) is 0 Å². The normalized spacial score (nSPS) is 15.2. The van der Waals surface area contributed by atoms with Crippen LogP contribution in [0.25, 0.3) is 0 Å². The van der Waals surface area contributed by atoms with Gasteiger partial charge in [-0.2, -0.15) is 0 Å². The second-order valence-corrected chi connectivity index (χ2v) is 10.2. The molecule has 0 amide bonds. The molecule has 0 spiro atoms. The molecule has 2 rings (SSSR count). The van der Waals surface area contributed by atoms with Crippen molar-refractivity contribution in [3.05, 3.63) is 57.8 Å². The Morgan fingerprint density at radius 1 is 1.33 bits per heavy atom. The van der Waals surface area contributed by atoms with Gasteiger partial charge in [0.1, 0.15) is 12.1 Å². The largest absolute Gasteiger partial charge is 0.478 e. The van der Waals surface area contributed by atoms with E-state index in [4.69, 9.17) is 0 Å². The Labute approximate surface area is 168 Å². The zero-order valence-corrected chi connectivity index (χ0v) is 17.8. The lowest BCUT2D eigenvalue weighted by Crippen LogP contribution is -2.48. The number of carbonyl (C=O) groups is 1. The molecule has 0 aliphatic carbocycles. The van der Waals surface area contributed by atoms with Gasteiger partial charge >= 0.3 is 5.97 Å². The van der Waals surface area contributed by atoms with Crippen LogP contribution < -0.4 is 4.72 Å². The van der Waals surface area contributed by atoms with E-state index >= 15 is 0 Å². The molecule has 146 valence electrons. The number of hydrogen-bond acceptors (Lipinski definition) is 4. The highest BCUT2D eigenvalue weighted by Crippen LogP contribution is 2.32. The number of halogens is 2. The molecule has 2 aromatic rings. The summed E-state index contributed by atoms with van der Waals surface area (Å²) in [5.41, 5.74) is -0.783. The van der Waals surface area contributed by atoms with E-state index in [-0.39, 0.29) is 23.2 Å². The second kappa shape index (κ2) is 8.12. The molecule has 1 aromatic carbocycles. The molecule has 9 heteroatoms. The van der Waals surface area contributed by atoms with Crippen LogP contribution >= 0.6 is 15.9 Å². The first-order valence-electron chi connectivity index (χ1n) is 8.11. The summed E-state index contributed by atoms with van der Waals surface area (Å²) >= 11 is 3.33. The van der Waals surface area contributed by atoms with Crippen molar-refractivity contribution < 1.29 is 18.5 Å². The van der Waals surface area contributed by atoms with Gasteiger partial charge in [0.15, 0.2) is 0 Å². The van der Waals surface area contributed by atoms with Crippen LogP contribution in [0.4, 0.5) is 4.39 Å². The monoisotopic (exact) mass is 457 g/mol. The minimum absolute atomic E-state index is 0.00630. The lowest BCUT2D eigenvalue weighted by Gasteiger charge is -2.34. The summed E-state index contributed by atoms with van der Waals surface area (Å²) in [5.74, 6) is -1.68. The van der Waals surface area contributed by atoms with Crippen LogP contribution in [0.1, 0.15) is 49.3 Å². The highest BCUT2D eigenvalue weighted by atomic mass is 79.9. The van der Waals surface area contributed by atoms with E-state index in [9.17, 15) is 18.5 Å². The molecule has 0 bridgehead atoms. The van der Waals surface area contributed by atoms with E-state index in [1.165, 1.54) is 18.6 Å². The summed E-state index contributed by atoms with van der Waals surface area (Å²) in [6.07, 6.45) is 2.44. The van der Waals surface area contributed by atoms with Gasteiger partial charge in [0.2, 0.25) is 0 Å². The van der Waals surface area contributed by atoms with Gasteiger partial charge in [-0.1, -0.05) is 15.9 Å². The zero-order valence-electron chi connectivity index (χ0n) is 15.4. The summed E-state index contributed by atoms with van der Waals surface area (Å²) < 4.78 is 30.5. The third-order valence-corrected chi connectivity index (χ3v) is 6.18. The average Bonchev–Trinajstić information content (AvgIpc) is 2.56. The van der Waals surface area contributed by atoms with Gasteiger partial charge < -0.3 is 5.11 Å². The predicted molar refractivity (Wildman–Crippen MR) is 105 cm³/mol. The number of carboxylic acids is 1. The van der Waals surface area contributed by atoms with E-state index < -0.39 is 33.1 Å². The Hall–Kier alpha value is -1.71. The molecule has 6 nitrogen and oxygen atoms in total. The number of benzene rings is 1. The molecular formula is C18H21BrFN3O3S. The minimum atomic E-state index is -1.54. The minimum Gasteiger partial charge on any atom is -0.478 e. The van der Waals surface area contributed by atoms with Gasteiger partial charge in [-0.25, -0.2) is 28.1 Å². The summed E-state index contributed by atoms with van der Waals surface area (Å²) in [7, 11) is -1.54. The fourth-order valence-electron chi connectivity index (χ4n) is 2.47. The maximum atomic E-state index is 14.7. The standard InChI is InChI=1S/C18H21BrFN3O3S/c1-17(2,3)27(26)23-18(4,13-7-11(19)5-6-14(13)20)8-15-12(16(24)25)9-21-10-22-15/h5-7,9-10,23H,8H2,1-4H3,(H,24,25). The first kappa shape index (κ1) is 21.6. The Kier molecular flexibility index (Phi) is 6.49. The van der Waals surface area contributed by atoms with Crippen LogP contribution in [0.5, 0.6) is 0 Å². The highest BCUT2D eigenvalue weighted by molar-refractivity contribution is 9.10. The number of aromatic nitrogens is 2. The fraction of sp³-hybridized carbons (Fsp3) is 0.389. The number of aromatic carboxylic acids is 1. The average molecular weight is 458 g/mol. The van der Waals surface area contributed by atoms with E-state index in [0.29, 0.717) is 4.47 Å². The van der Waals surface area contributed by atoms with Crippen molar-refractivity contribution in [2.75, 3.05) is 0 Å². The first-order valence-corrected chi connectivity index (χ1v) is 10.1. The SMILES string of the molecule is CC(Cc1ncncc1C(=O)O)(NS(=O)C(C)(C)C)c1cc(Br)ccc1F. The van der Waals surface area contributed by atoms with E-state index in [1.54, 1.807) is 39.8 Å². The fourth-order valence-corrected chi connectivity index (χ4v) is 3.73. The zero-order chi connectivity index (χ0) is 20.4. The predicted octanol–water partition coefficient (Wildman–Crippen LogP) is 3.59. The molecule has 0 radical (unpaired) electrons. The molecule has 2 unspecified atom stereocenters. The van der Waals surface area contributed by atoms with E-state index in [1.807, 2.05) is 0 Å². The smallest absolute Gasteiger partial charge is 0.339 e. The van der Waals surface area contributed by atoms with Gasteiger partial charge in [0.25, 0.3) is 0 Å². The Morgan fingerprint density at radius 3 is 2.59 bits per heavy atom. The molecule has 27 heavy (non-hydrogen) atoms. The second-order valence-electron chi connectivity index (χ2n) is 7.30. The molecule has 0 saturated heterocycles. The first-order chi connectivity index (χ1) is 12.4. The van der Waals surface area contributed by atoms with Gasteiger partial charge in [-0.05, 0) is 45.9 Å². The summed E-state index contributed by atoms with van der Waals surface area (Å²) in [4.78, 5) is 19.3. The van der Waals surface area contributed by atoms with Gasteiger partial charge in [0, 0.05) is 22.7 Å².